The van der Waals surface area contributed by atoms with Gasteiger partial charge in [0.05, 0.1) is 12.8 Å². The molecule has 1 aliphatic heterocycles. The molecule has 0 radical (unpaired) electrons. The molecule has 0 saturated carbocycles. The first-order valence-corrected chi connectivity index (χ1v) is 13.8. The van der Waals surface area contributed by atoms with Crippen molar-refractivity contribution in [2.75, 3.05) is 12.5 Å². The first-order valence-electron chi connectivity index (χ1n) is 13.4. The number of rotatable bonds is 11. The van der Waals surface area contributed by atoms with Crippen LogP contribution in [0.5, 0.6) is 5.75 Å². The zero-order chi connectivity index (χ0) is 27.8. The summed E-state index contributed by atoms with van der Waals surface area (Å²) < 4.78 is 7.59. The monoisotopic (exact) mass is 532 g/mol. The van der Waals surface area contributed by atoms with E-state index in [0.717, 1.165) is 69.9 Å². The van der Waals surface area contributed by atoms with Crippen LogP contribution in [-0.2, 0) is 0 Å². The molecule has 1 N–H and O–H groups in total. The van der Waals surface area contributed by atoms with Gasteiger partial charge in [0.2, 0.25) is 0 Å². The third-order valence-electron chi connectivity index (χ3n) is 7.03. The molecule has 2 unspecified atom stereocenters. The Morgan fingerprint density at radius 3 is 2.71 bits per heavy atom. The number of methoxy groups -OCH3 is 1. The molecule has 0 fully saturated rings. The van der Waals surface area contributed by atoms with E-state index in [4.69, 9.17) is 26.3 Å². The van der Waals surface area contributed by atoms with E-state index < -0.39 is 6.17 Å². The van der Waals surface area contributed by atoms with Crippen LogP contribution >= 0.6 is 11.6 Å². The van der Waals surface area contributed by atoms with Gasteiger partial charge < -0.3 is 4.74 Å². The lowest BCUT2D eigenvalue weighted by atomic mass is 9.94. The average Bonchev–Trinajstić information content (AvgIpc) is 3.30. The summed E-state index contributed by atoms with van der Waals surface area (Å²) in [6.45, 7) is 17.1. The van der Waals surface area contributed by atoms with Crippen molar-refractivity contribution >= 4 is 28.1 Å². The van der Waals surface area contributed by atoms with Crippen LogP contribution in [0.1, 0.15) is 70.7 Å². The molecular weight excluding hydrogens is 492 g/mol. The Morgan fingerprint density at radius 1 is 1.29 bits per heavy atom. The second kappa shape index (κ2) is 13.5. The van der Waals surface area contributed by atoms with Crippen LogP contribution in [0.4, 0.5) is 0 Å². The molecular formula is C32H41ClN4O. The van der Waals surface area contributed by atoms with Crippen molar-refractivity contribution in [2.24, 2.45) is 15.9 Å². The Kier molecular flexibility index (Phi) is 10.4. The molecule has 2 heterocycles. The molecule has 1 aromatic heterocycles. The van der Waals surface area contributed by atoms with Gasteiger partial charge in [0.25, 0.3) is 0 Å². The molecule has 1 aliphatic rings. The van der Waals surface area contributed by atoms with Crippen molar-refractivity contribution in [1.29, 1.82) is 0 Å². The van der Waals surface area contributed by atoms with Crippen molar-refractivity contribution in [3.05, 3.63) is 83.9 Å². The first kappa shape index (κ1) is 29.2. The van der Waals surface area contributed by atoms with E-state index in [1.807, 2.05) is 42.0 Å². The zero-order valence-electron chi connectivity index (χ0n) is 23.8. The summed E-state index contributed by atoms with van der Waals surface area (Å²) in [5.74, 6) is 1.23. The Labute approximate surface area is 233 Å². The van der Waals surface area contributed by atoms with E-state index in [1.165, 1.54) is 0 Å². The maximum atomic E-state index is 6.93. The number of halogens is 1. The highest BCUT2D eigenvalue weighted by Gasteiger charge is 2.29. The van der Waals surface area contributed by atoms with E-state index in [-0.39, 0.29) is 0 Å². The Bertz CT molecular complexity index is 1310. The minimum atomic E-state index is -0.403. The smallest absolute Gasteiger partial charge is 0.176 e. The number of nitrogens with one attached hydrogen (secondary N) is 1. The molecule has 0 bridgehead atoms. The third kappa shape index (κ3) is 6.39. The predicted molar refractivity (Wildman–Crippen MR) is 165 cm³/mol. The highest BCUT2D eigenvalue weighted by molar-refractivity contribution is 6.70. The molecule has 1 aromatic carbocycles. The number of allylic oxidation sites excluding steroid dienone is 6. The van der Waals surface area contributed by atoms with Gasteiger partial charge in [-0.3, -0.25) is 15.1 Å². The standard InChI is InChI=1S/C32H41ClN4O/c1-9-12-13-14-15-17-22(5)29-26(25-18-16-19-28(38-8)23(25)6)20-37-30(29)31(33)35-32(36-37)27(11-3)34-24(7)21(4)10-2/h11,13-21,32,36H,5,9-10,12H2,1-4,6-8H3/b14-13-,17-15-,27-11-,34-24?. The largest absolute Gasteiger partial charge is 0.496 e. The number of hydrogen-bond acceptors (Lipinski definition) is 4. The number of fused-ring (bicyclic) bond motifs is 1. The minimum absolute atomic E-state index is 0.394. The molecule has 5 nitrogen and oxygen atoms in total. The topological polar surface area (TPSA) is 50.9 Å². The van der Waals surface area contributed by atoms with Gasteiger partial charge in [-0.2, -0.15) is 0 Å². The molecule has 0 spiro atoms. The SMILES string of the molecule is C=C(/C=C\C=C/CCC)c1c(-c2cccc(OC)c2C)cn2c1C(Cl)=NC(/C(=C/C)N=C(C)C(C)CC)N2. The van der Waals surface area contributed by atoms with Gasteiger partial charge >= 0.3 is 0 Å². The molecule has 202 valence electrons. The van der Waals surface area contributed by atoms with Gasteiger partial charge in [-0.15, -0.1) is 0 Å². The third-order valence-corrected chi connectivity index (χ3v) is 7.30. The number of nitrogens with zero attached hydrogens (tertiary/aromatic N) is 3. The second-order valence-corrected chi connectivity index (χ2v) is 9.96. The lowest BCUT2D eigenvalue weighted by Gasteiger charge is -2.25. The Morgan fingerprint density at radius 2 is 2.05 bits per heavy atom. The fourth-order valence-corrected chi connectivity index (χ4v) is 4.71. The average molecular weight is 533 g/mol. The fraction of sp³-hybridized carbons (Fsp3) is 0.375. The van der Waals surface area contributed by atoms with Crippen LogP contribution in [-0.4, -0.2) is 28.8 Å². The number of benzene rings is 1. The van der Waals surface area contributed by atoms with Gasteiger partial charge in [0, 0.05) is 23.0 Å². The highest BCUT2D eigenvalue weighted by atomic mass is 35.5. The molecule has 0 saturated heterocycles. The summed E-state index contributed by atoms with van der Waals surface area (Å²) >= 11 is 6.93. The molecule has 2 aromatic rings. The molecule has 2 atom stereocenters. The molecule has 6 heteroatoms. The second-order valence-electron chi connectivity index (χ2n) is 9.60. The van der Waals surface area contributed by atoms with Crippen LogP contribution < -0.4 is 10.2 Å². The van der Waals surface area contributed by atoms with E-state index in [9.17, 15) is 0 Å². The Balaban J connectivity index is 2.13. The number of aromatic nitrogens is 1. The van der Waals surface area contributed by atoms with Crippen LogP contribution in [0.25, 0.3) is 16.7 Å². The fourth-order valence-electron chi connectivity index (χ4n) is 4.42. The van der Waals surface area contributed by atoms with Crippen molar-refractivity contribution in [3.8, 4) is 16.9 Å². The zero-order valence-corrected chi connectivity index (χ0v) is 24.6. The summed E-state index contributed by atoms with van der Waals surface area (Å²) in [4.78, 5) is 9.74. The lowest BCUT2D eigenvalue weighted by molar-refractivity contribution is 0.412. The van der Waals surface area contributed by atoms with Crippen LogP contribution in [0.15, 0.2) is 77.0 Å². The summed E-state index contributed by atoms with van der Waals surface area (Å²) in [6, 6.07) is 6.07. The predicted octanol–water partition coefficient (Wildman–Crippen LogP) is 8.68. The number of unbranched alkanes of at least 4 members (excludes halogenated alkanes) is 1. The quantitative estimate of drug-likeness (QED) is 0.232. The Hall–Kier alpha value is -3.31. The summed E-state index contributed by atoms with van der Waals surface area (Å²) in [5, 5.41) is 0.419. The van der Waals surface area contributed by atoms with Gasteiger partial charge in [0.1, 0.15) is 11.4 Å². The first-order chi connectivity index (χ1) is 18.3. The van der Waals surface area contributed by atoms with Crippen molar-refractivity contribution < 1.29 is 4.74 Å². The highest BCUT2D eigenvalue weighted by Crippen LogP contribution is 2.39. The van der Waals surface area contributed by atoms with Gasteiger partial charge in [0.15, 0.2) is 11.3 Å². The van der Waals surface area contributed by atoms with Gasteiger partial charge in [-0.05, 0) is 62.3 Å². The maximum Gasteiger partial charge on any atom is 0.176 e. The molecule has 0 amide bonds. The number of hydrogen-bond donors (Lipinski definition) is 1. The normalized spacial score (nSPS) is 16.9. The summed E-state index contributed by atoms with van der Waals surface area (Å²) in [6.07, 6.45) is 15.1. The summed E-state index contributed by atoms with van der Waals surface area (Å²) in [5.41, 5.74) is 11.1. The van der Waals surface area contributed by atoms with Crippen molar-refractivity contribution in [3.63, 3.8) is 0 Å². The van der Waals surface area contributed by atoms with Crippen molar-refractivity contribution in [1.82, 2.24) is 4.68 Å². The van der Waals surface area contributed by atoms with Gasteiger partial charge in [-0.1, -0.05) is 87.9 Å². The minimum Gasteiger partial charge on any atom is -0.496 e. The summed E-state index contributed by atoms with van der Waals surface area (Å²) in [7, 11) is 1.69. The van der Waals surface area contributed by atoms with E-state index in [0.29, 0.717) is 11.1 Å². The van der Waals surface area contributed by atoms with Crippen LogP contribution in [0.3, 0.4) is 0 Å². The van der Waals surface area contributed by atoms with Crippen LogP contribution in [0, 0.1) is 12.8 Å². The van der Waals surface area contributed by atoms with Crippen LogP contribution in [0.2, 0.25) is 0 Å². The molecule has 3 rings (SSSR count). The van der Waals surface area contributed by atoms with Crippen molar-refractivity contribution in [2.45, 2.75) is 67.0 Å². The number of aliphatic imine (C=N–C) groups is 2. The van der Waals surface area contributed by atoms with Gasteiger partial charge in [-0.25, -0.2) is 4.99 Å². The van der Waals surface area contributed by atoms with E-state index in [1.54, 1.807) is 7.11 Å². The lowest BCUT2D eigenvalue weighted by Crippen LogP contribution is -2.34. The number of ether oxygens (including phenoxy) is 1. The van der Waals surface area contributed by atoms with E-state index in [2.05, 4.69) is 71.0 Å². The van der Waals surface area contributed by atoms with E-state index >= 15 is 0 Å². The molecule has 0 aliphatic carbocycles. The molecule has 38 heavy (non-hydrogen) atoms. The maximum absolute atomic E-state index is 6.93.